The number of likely N-dealkylation sites (tertiary alicyclic amines) is 1. The zero-order chi connectivity index (χ0) is 18.9. The Hall–Kier alpha value is -2.25. The van der Waals surface area contributed by atoms with Gasteiger partial charge in [-0.25, -0.2) is 8.42 Å². The highest BCUT2D eigenvalue weighted by molar-refractivity contribution is 7.89. The minimum Gasteiger partial charge on any atom is -0.334 e. The summed E-state index contributed by atoms with van der Waals surface area (Å²) < 4.78 is 27.5. The molecule has 0 bridgehead atoms. The van der Waals surface area contributed by atoms with Crippen molar-refractivity contribution in [2.75, 3.05) is 13.1 Å². The zero-order valence-corrected chi connectivity index (χ0v) is 15.9. The molecule has 2 atom stereocenters. The molecular formula is C20H23N3O3S. The van der Waals surface area contributed by atoms with E-state index in [4.69, 9.17) is 0 Å². The Bertz CT molecular complexity index is 903. The van der Waals surface area contributed by atoms with Gasteiger partial charge in [0, 0.05) is 44.5 Å². The fourth-order valence-corrected chi connectivity index (χ4v) is 5.61. The van der Waals surface area contributed by atoms with E-state index in [2.05, 4.69) is 4.98 Å². The van der Waals surface area contributed by atoms with Crippen molar-refractivity contribution in [3.05, 3.63) is 60.4 Å². The van der Waals surface area contributed by atoms with E-state index in [0.29, 0.717) is 26.1 Å². The first kappa shape index (κ1) is 18.1. The van der Waals surface area contributed by atoms with Crippen molar-refractivity contribution in [2.45, 2.75) is 36.7 Å². The summed E-state index contributed by atoms with van der Waals surface area (Å²) >= 11 is 0. The SMILES string of the molecule is O=C1CCC[C@@H]2CN(S(=O)(=O)c3cccnc3)C[C@@H]2N1Cc1ccccc1. The summed E-state index contributed by atoms with van der Waals surface area (Å²) in [4.78, 5) is 18.8. The van der Waals surface area contributed by atoms with Crippen LogP contribution >= 0.6 is 0 Å². The van der Waals surface area contributed by atoms with Crippen molar-refractivity contribution >= 4 is 15.9 Å². The maximum atomic E-state index is 13.0. The number of rotatable bonds is 4. The van der Waals surface area contributed by atoms with E-state index < -0.39 is 10.0 Å². The second-order valence-corrected chi connectivity index (χ2v) is 9.18. The quantitative estimate of drug-likeness (QED) is 0.810. The van der Waals surface area contributed by atoms with Gasteiger partial charge in [0.15, 0.2) is 0 Å². The molecule has 0 spiro atoms. The second-order valence-electron chi connectivity index (χ2n) is 7.24. The molecule has 0 saturated carbocycles. The van der Waals surface area contributed by atoms with Crippen LogP contribution in [-0.4, -0.2) is 47.6 Å². The predicted molar refractivity (Wildman–Crippen MR) is 101 cm³/mol. The largest absolute Gasteiger partial charge is 0.334 e. The van der Waals surface area contributed by atoms with Crippen molar-refractivity contribution in [3.8, 4) is 0 Å². The van der Waals surface area contributed by atoms with Crippen molar-refractivity contribution in [2.24, 2.45) is 5.92 Å². The predicted octanol–water partition coefficient (Wildman–Crippen LogP) is 2.28. The number of benzene rings is 1. The highest BCUT2D eigenvalue weighted by Gasteiger charge is 2.44. The van der Waals surface area contributed by atoms with Crippen molar-refractivity contribution in [1.82, 2.24) is 14.2 Å². The van der Waals surface area contributed by atoms with Crippen LogP contribution in [0, 0.1) is 5.92 Å². The molecule has 0 unspecified atom stereocenters. The van der Waals surface area contributed by atoms with Crippen LogP contribution in [0.3, 0.4) is 0 Å². The molecular weight excluding hydrogens is 362 g/mol. The lowest BCUT2D eigenvalue weighted by molar-refractivity contribution is -0.133. The second kappa shape index (κ2) is 7.40. The lowest BCUT2D eigenvalue weighted by Crippen LogP contribution is -2.43. The van der Waals surface area contributed by atoms with Crippen molar-refractivity contribution in [1.29, 1.82) is 0 Å². The maximum absolute atomic E-state index is 13.0. The number of hydrogen-bond acceptors (Lipinski definition) is 4. The third kappa shape index (κ3) is 3.61. The van der Waals surface area contributed by atoms with Gasteiger partial charge in [-0.05, 0) is 36.5 Å². The Labute approximate surface area is 159 Å². The van der Waals surface area contributed by atoms with Gasteiger partial charge in [0.05, 0.1) is 0 Å². The van der Waals surface area contributed by atoms with E-state index in [1.54, 1.807) is 18.3 Å². The minimum atomic E-state index is -3.59. The minimum absolute atomic E-state index is 0.0772. The van der Waals surface area contributed by atoms with Gasteiger partial charge in [-0.15, -0.1) is 0 Å². The third-order valence-corrected chi connectivity index (χ3v) is 7.34. The zero-order valence-electron chi connectivity index (χ0n) is 15.1. The van der Waals surface area contributed by atoms with Gasteiger partial charge >= 0.3 is 0 Å². The van der Waals surface area contributed by atoms with Gasteiger partial charge in [-0.2, -0.15) is 4.31 Å². The van der Waals surface area contributed by atoms with E-state index in [0.717, 1.165) is 18.4 Å². The Morgan fingerprint density at radius 1 is 1.07 bits per heavy atom. The standard InChI is InChI=1S/C20H23N3O3S/c24-20-10-4-8-17-14-22(27(25,26)18-9-5-11-21-12-18)15-19(17)23(20)13-16-6-2-1-3-7-16/h1-3,5-7,9,11-12,17,19H,4,8,10,13-15H2/t17-,19+/m1/s1. The number of carbonyl (C=O) groups excluding carboxylic acids is 1. The fourth-order valence-electron chi connectivity index (χ4n) is 4.13. The summed E-state index contributed by atoms with van der Waals surface area (Å²) in [5.41, 5.74) is 1.07. The molecule has 2 fully saturated rings. The third-order valence-electron chi connectivity index (χ3n) is 5.53. The molecule has 3 heterocycles. The number of fused-ring (bicyclic) bond motifs is 1. The number of pyridine rings is 1. The number of nitrogens with zero attached hydrogens (tertiary/aromatic N) is 3. The van der Waals surface area contributed by atoms with E-state index in [1.807, 2.05) is 35.2 Å². The van der Waals surface area contributed by atoms with Crippen LogP contribution in [0.25, 0.3) is 0 Å². The Morgan fingerprint density at radius 3 is 2.63 bits per heavy atom. The molecule has 0 aliphatic carbocycles. The first-order valence-corrected chi connectivity index (χ1v) is 10.7. The molecule has 2 aliphatic rings. The number of aromatic nitrogens is 1. The lowest BCUT2D eigenvalue weighted by Gasteiger charge is -2.30. The summed E-state index contributed by atoms with van der Waals surface area (Å²) in [5.74, 6) is 0.290. The molecule has 6 nitrogen and oxygen atoms in total. The topological polar surface area (TPSA) is 70.6 Å². The first-order valence-electron chi connectivity index (χ1n) is 9.29. The van der Waals surface area contributed by atoms with E-state index in [-0.39, 0.29) is 22.8 Å². The Kier molecular flexibility index (Phi) is 4.97. The monoisotopic (exact) mass is 385 g/mol. The molecule has 0 N–H and O–H groups in total. The molecule has 0 radical (unpaired) electrons. The smallest absolute Gasteiger partial charge is 0.244 e. The van der Waals surface area contributed by atoms with Gasteiger partial charge in [-0.1, -0.05) is 30.3 Å². The van der Waals surface area contributed by atoms with Gasteiger partial charge < -0.3 is 4.90 Å². The summed E-state index contributed by atoms with van der Waals surface area (Å²) in [6, 6.07) is 13.0. The van der Waals surface area contributed by atoms with Crippen molar-refractivity contribution in [3.63, 3.8) is 0 Å². The van der Waals surface area contributed by atoms with Gasteiger partial charge in [-0.3, -0.25) is 9.78 Å². The normalized spacial score (nSPS) is 23.9. The summed E-state index contributed by atoms with van der Waals surface area (Å²) in [5, 5.41) is 0. The molecule has 1 aromatic carbocycles. The van der Waals surface area contributed by atoms with Gasteiger partial charge in [0.1, 0.15) is 4.90 Å². The number of sulfonamides is 1. The molecule has 2 saturated heterocycles. The van der Waals surface area contributed by atoms with Gasteiger partial charge in [0.2, 0.25) is 15.9 Å². The molecule has 27 heavy (non-hydrogen) atoms. The van der Waals surface area contributed by atoms with E-state index in [1.165, 1.54) is 10.5 Å². The highest BCUT2D eigenvalue weighted by Crippen LogP contribution is 2.34. The average molecular weight is 385 g/mol. The molecule has 1 amide bonds. The van der Waals surface area contributed by atoms with Crippen molar-refractivity contribution < 1.29 is 13.2 Å². The highest BCUT2D eigenvalue weighted by atomic mass is 32.2. The van der Waals surface area contributed by atoms with Crippen LogP contribution in [0.5, 0.6) is 0 Å². The van der Waals surface area contributed by atoms with Crippen LogP contribution < -0.4 is 0 Å². The number of carbonyl (C=O) groups is 1. The number of hydrogen-bond donors (Lipinski definition) is 0. The van der Waals surface area contributed by atoms with Crippen LogP contribution in [0.1, 0.15) is 24.8 Å². The Balaban J connectivity index is 1.60. The lowest BCUT2D eigenvalue weighted by atomic mass is 9.98. The first-order chi connectivity index (χ1) is 13.1. The number of amides is 1. The Morgan fingerprint density at radius 2 is 1.89 bits per heavy atom. The molecule has 2 aromatic rings. The van der Waals surface area contributed by atoms with Crippen LogP contribution in [0.2, 0.25) is 0 Å². The van der Waals surface area contributed by atoms with Gasteiger partial charge in [0.25, 0.3) is 0 Å². The fraction of sp³-hybridized carbons (Fsp3) is 0.400. The summed E-state index contributed by atoms with van der Waals surface area (Å²) in [7, 11) is -3.59. The molecule has 2 aliphatic heterocycles. The average Bonchev–Trinajstić information content (AvgIpc) is 3.06. The summed E-state index contributed by atoms with van der Waals surface area (Å²) in [6.07, 6.45) is 5.17. The molecule has 142 valence electrons. The van der Waals surface area contributed by atoms with Crippen LogP contribution in [0.15, 0.2) is 59.8 Å². The van der Waals surface area contributed by atoms with Crippen LogP contribution in [-0.2, 0) is 21.4 Å². The molecule has 7 heteroatoms. The molecule has 4 rings (SSSR count). The van der Waals surface area contributed by atoms with E-state index in [9.17, 15) is 13.2 Å². The summed E-state index contributed by atoms with van der Waals surface area (Å²) in [6.45, 7) is 1.34. The molecule has 1 aromatic heterocycles. The van der Waals surface area contributed by atoms with E-state index >= 15 is 0 Å². The maximum Gasteiger partial charge on any atom is 0.244 e. The van der Waals surface area contributed by atoms with Crippen LogP contribution in [0.4, 0.5) is 0 Å².